The van der Waals surface area contributed by atoms with Gasteiger partial charge in [-0.2, -0.15) is 4.99 Å². The number of hydrogen-bond acceptors (Lipinski definition) is 4. The lowest BCUT2D eigenvalue weighted by molar-refractivity contribution is -0.709. The van der Waals surface area contributed by atoms with Crippen molar-refractivity contribution in [3.8, 4) is 0 Å². The molecule has 1 N–H and O–H groups in total. The minimum Gasteiger partial charge on any atom is -0.462 e. The number of amidine groups is 1. The number of ether oxygens (including phenoxy) is 1. The van der Waals surface area contributed by atoms with E-state index in [2.05, 4.69) is 6.58 Å². The van der Waals surface area contributed by atoms with Gasteiger partial charge < -0.3 is 4.74 Å². The summed E-state index contributed by atoms with van der Waals surface area (Å²) in [5.74, 6) is -0.336. The number of carbonyl (C=O) groups is 1. The third kappa shape index (κ3) is 4.67. The highest BCUT2D eigenvalue weighted by Crippen LogP contribution is 2.29. The van der Waals surface area contributed by atoms with Gasteiger partial charge in [-0.05, 0) is 67.2 Å². The molecule has 1 unspecified atom stereocenters. The van der Waals surface area contributed by atoms with E-state index >= 15 is 0 Å². The van der Waals surface area contributed by atoms with Crippen LogP contribution in [0.15, 0.2) is 65.5 Å². The first-order valence-corrected chi connectivity index (χ1v) is 10.3. The molecular weight excluding hydrogens is 415 g/mol. The molecule has 4 nitrogen and oxygen atoms in total. The molecule has 1 aliphatic rings. The number of aliphatic imine (C=N–C) groups is 1. The van der Waals surface area contributed by atoms with Crippen LogP contribution in [0.3, 0.4) is 0 Å². The lowest BCUT2D eigenvalue weighted by atomic mass is 10.1. The van der Waals surface area contributed by atoms with Crippen molar-refractivity contribution >= 4 is 57.5 Å². The van der Waals surface area contributed by atoms with Gasteiger partial charge in [0.15, 0.2) is 5.70 Å². The topological polar surface area (TPSA) is 43.1 Å². The molecule has 7 heteroatoms. The highest BCUT2D eigenvalue weighted by Gasteiger charge is 2.31. The van der Waals surface area contributed by atoms with Gasteiger partial charge in [0.05, 0.1) is 28.4 Å². The van der Waals surface area contributed by atoms with Crippen LogP contribution in [0.1, 0.15) is 22.8 Å². The van der Waals surface area contributed by atoms with Gasteiger partial charge in [0.2, 0.25) is 0 Å². The second-order valence-electron chi connectivity index (χ2n) is 5.93. The molecule has 2 aromatic rings. The monoisotopic (exact) mass is 433 g/mol. The van der Waals surface area contributed by atoms with Gasteiger partial charge in [-0.3, -0.25) is 0 Å². The number of thioether (sulfide) groups is 1. The third-order valence-electron chi connectivity index (χ3n) is 4.05. The van der Waals surface area contributed by atoms with Crippen molar-refractivity contribution in [2.45, 2.75) is 6.92 Å². The molecule has 28 heavy (non-hydrogen) atoms. The fourth-order valence-electron chi connectivity index (χ4n) is 2.75. The zero-order chi connectivity index (χ0) is 20.1. The van der Waals surface area contributed by atoms with Gasteiger partial charge in [0.25, 0.3) is 5.17 Å². The van der Waals surface area contributed by atoms with E-state index in [4.69, 9.17) is 32.9 Å². The van der Waals surface area contributed by atoms with Crippen LogP contribution in [0.4, 0.5) is 5.69 Å². The van der Waals surface area contributed by atoms with E-state index in [1.54, 1.807) is 37.3 Å². The van der Waals surface area contributed by atoms with Crippen molar-refractivity contribution in [2.75, 3.05) is 13.2 Å². The van der Waals surface area contributed by atoms with Gasteiger partial charge in [-0.1, -0.05) is 29.8 Å². The molecule has 0 aliphatic carbocycles. The van der Waals surface area contributed by atoms with Crippen molar-refractivity contribution in [1.29, 1.82) is 0 Å². The van der Waals surface area contributed by atoms with E-state index in [9.17, 15) is 4.79 Å². The molecular formula is C21H19Cl2N2O2S+. The van der Waals surface area contributed by atoms with Gasteiger partial charge in [-0.15, -0.1) is 0 Å². The maximum Gasteiger partial charge on any atom is 0.338 e. The molecule has 0 fully saturated rings. The van der Waals surface area contributed by atoms with Crippen LogP contribution in [0.5, 0.6) is 0 Å². The van der Waals surface area contributed by atoms with Crippen molar-refractivity contribution in [1.82, 2.24) is 0 Å². The van der Waals surface area contributed by atoms with Crippen LogP contribution in [-0.4, -0.2) is 24.3 Å². The van der Waals surface area contributed by atoms with Crippen LogP contribution in [0.2, 0.25) is 10.0 Å². The van der Waals surface area contributed by atoms with Crippen LogP contribution in [-0.2, 0) is 4.74 Å². The summed E-state index contributed by atoms with van der Waals surface area (Å²) in [6.45, 7) is 6.66. The first-order chi connectivity index (χ1) is 13.5. The Kier molecular flexibility index (Phi) is 6.97. The van der Waals surface area contributed by atoms with Crippen molar-refractivity contribution < 1.29 is 14.4 Å². The Morgan fingerprint density at radius 2 is 2.00 bits per heavy atom. The smallest absolute Gasteiger partial charge is 0.338 e. The maximum absolute atomic E-state index is 11.8. The van der Waals surface area contributed by atoms with Gasteiger partial charge in [0.1, 0.15) is 6.54 Å². The SMILES string of the molecule is C=CC[NH+]1C(c2ccc(Cl)cc2Cl)=CSC1=Nc1ccc(C(=O)OCC)cc1. The Morgan fingerprint density at radius 1 is 1.25 bits per heavy atom. The van der Waals surface area contributed by atoms with E-state index in [1.165, 1.54) is 11.8 Å². The number of nitrogens with one attached hydrogen (secondary N) is 1. The fraction of sp³-hybridized carbons (Fsp3) is 0.143. The second kappa shape index (κ2) is 9.43. The summed E-state index contributed by atoms with van der Waals surface area (Å²) in [4.78, 5) is 17.6. The van der Waals surface area contributed by atoms with Crippen molar-refractivity contribution in [2.24, 2.45) is 4.99 Å². The molecule has 0 amide bonds. The fourth-order valence-corrected chi connectivity index (χ4v) is 4.25. The van der Waals surface area contributed by atoms with E-state index in [-0.39, 0.29) is 5.97 Å². The van der Waals surface area contributed by atoms with E-state index in [0.29, 0.717) is 28.8 Å². The molecule has 0 aromatic heterocycles. The molecule has 0 spiro atoms. The number of rotatable bonds is 6. The molecule has 1 atom stereocenters. The Morgan fingerprint density at radius 3 is 2.64 bits per heavy atom. The van der Waals surface area contributed by atoms with E-state index in [0.717, 1.165) is 27.0 Å². The number of esters is 1. The predicted octanol–water partition coefficient (Wildman–Crippen LogP) is 4.97. The number of carbonyl (C=O) groups excluding carboxylic acids is 1. The van der Waals surface area contributed by atoms with Crippen molar-refractivity contribution in [3.05, 3.63) is 81.7 Å². The first kappa shape index (κ1) is 20.7. The number of quaternary nitrogens is 1. The summed E-state index contributed by atoms with van der Waals surface area (Å²) in [6, 6.07) is 12.5. The molecule has 1 heterocycles. The minimum absolute atomic E-state index is 0.336. The average Bonchev–Trinajstić information content (AvgIpc) is 3.05. The molecule has 1 aliphatic heterocycles. The summed E-state index contributed by atoms with van der Waals surface area (Å²) in [5, 5.41) is 4.12. The summed E-state index contributed by atoms with van der Waals surface area (Å²) in [5.41, 5.74) is 3.20. The van der Waals surface area contributed by atoms with Gasteiger partial charge in [-0.25, -0.2) is 9.69 Å². The Labute approximate surface area is 178 Å². The van der Waals surface area contributed by atoms with Crippen molar-refractivity contribution in [3.63, 3.8) is 0 Å². The van der Waals surface area contributed by atoms with Crippen LogP contribution >= 0.6 is 35.0 Å². The number of benzene rings is 2. The number of hydrogen-bond donors (Lipinski definition) is 1. The van der Waals surface area contributed by atoms with Gasteiger partial charge in [0, 0.05) is 10.4 Å². The first-order valence-electron chi connectivity index (χ1n) is 8.69. The van der Waals surface area contributed by atoms with Crippen LogP contribution in [0.25, 0.3) is 5.70 Å². The highest BCUT2D eigenvalue weighted by atomic mass is 35.5. The second-order valence-corrected chi connectivity index (χ2v) is 7.63. The lowest BCUT2D eigenvalue weighted by Crippen LogP contribution is -3.10. The summed E-state index contributed by atoms with van der Waals surface area (Å²) in [7, 11) is 0. The van der Waals surface area contributed by atoms with Crippen LogP contribution < -0.4 is 4.90 Å². The zero-order valence-corrected chi connectivity index (χ0v) is 17.6. The quantitative estimate of drug-likeness (QED) is 0.516. The minimum atomic E-state index is -0.336. The zero-order valence-electron chi connectivity index (χ0n) is 15.2. The molecule has 0 radical (unpaired) electrons. The largest absolute Gasteiger partial charge is 0.462 e. The predicted molar refractivity (Wildman–Crippen MR) is 118 cm³/mol. The number of halogens is 2. The average molecular weight is 434 g/mol. The lowest BCUT2D eigenvalue weighted by Gasteiger charge is -2.15. The maximum atomic E-state index is 11.8. The Hall–Kier alpha value is -2.05. The standard InChI is InChI=1S/C21H18Cl2N2O2S/c1-3-11-25-19(17-10-7-15(22)12-18(17)23)13-28-21(25)24-16-8-5-14(6-9-16)20(26)27-4-2/h3,5-10,12-13H,1,4,11H2,2H3/p+1. The molecule has 0 saturated carbocycles. The van der Waals surface area contributed by atoms with E-state index in [1.807, 2.05) is 23.6 Å². The van der Waals surface area contributed by atoms with Gasteiger partial charge >= 0.3 is 5.97 Å². The molecule has 3 rings (SSSR count). The van der Waals surface area contributed by atoms with E-state index < -0.39 is 0 Å². The van der Waals surface area contributed by atoms with Crippen LogP contribution in [0, 0.1) is 0 Å². The normalized spacial score (nSPS) is 17.5. The summed E-state index contributed by atoms with van der Waals surface area (Å²) in [6.07, 6.45) is 1.85. The summed E-state index contributed by atoms with van der Waals surface area (Å²) < 4.78 is 5.01. The molecule has 0 saturated heterocycles. The Bertz CT molecular complexity index is 955. The molecule has 2 aromatic carbocycles. The highest BCUT2D eigenvalue weighted by molar-refractivity contribution is 8.16. The number of nitrogens with zero attached hydrogens (tertiary/aromatic N) is 1. The third-order valence-corrected chi connectivity index (χ3v) is 5.51. The molecule has 144 valence electrons. The Balaban J connectivity index is 1.86. The summed E-state index contributed by atoms with van der Waals surface area (Å²) >= 11 is 14.0. The molecule has 0 bridgehead atoms.